The van der Waals surface area contributed by atoms with Crippen LogP contribution in [0.4, 0.5) is 8.78 Å². The maximum atomic E-state index is 13.2. The van der Waals surface area contributed by atoms with Crippen molar-refractivity contribution in [1.82, 2.24) is 19.4 Å². The van der Waals surface area contributed by atoms with Gasteiger partial charge in [-0.2, -0.15) is 4.39 Å². The number of hydrogen-bond acceptors (Lipinski definition) is 4. The average Bonchev–Trinajstić information content (AvgIpc) is 3.03. The van der Waals surface area contributed by atoms with Crippen molar-refractivity contribution < 1.29 is 13.5 Å². The second kappa shape index (κ2) is 6.27. The van der Waals surface area contributed by atoms with Crippen molar-refractivity contribution in [1.29, 1.82) is 0 Å². The van der Waals surface area contributed by atoms with Gasteiger partial charge in [0.05, 0.1) is 5.69 Å². The lowest BCUT2D eigenvalue weighted by molar-refractivity contribution is 0.300. The van der Waals surface area contributed by atoms with Crippen molar-refractivity contribution in [3.8, 4) is 16.9 Å². The summed E-state index contributed by atoms with van der Waals surface area (Å²) in [5, 5.41) is 0. The Bertz CT molecular complexity index is 1030. The van der Waals surface area contributed by atoms with Crippen LogP contribution in [0.15, 0.2) is 61.2 Å². The van der Waals surface area contributed by atoms with Crippen LogP contribution in [0.2, 0.25) is 0 Å². The number of fused-ring (bicyclic) bond motifs is 1. The van der Waals surface area contributed by atoms with Crippen LogP contribution in [-0.2, 0) is 6.61 Å². The third-order valence-corrected chi connectivity index (χ3v) is 3.60. The largest absolute Gasteiger partial charge is 0.487 e. The Balaban J connectivity index is 1.56. The molecule has 4 rings (SSSR count). The Morgan fingerprint density at radius 2 is 1.84 bits per heavy atom. The van der Waals surface area contributed by atoms with Crippen LogP contribution in [0, 0.1) is 11.8 Å². The molecule has 3 heterocycles. The van der Waals surface area contributed by atoms with Gasteiger partial charge in [-0.1, -0.05) is 6.07 Å². The van der Waals surface area contributed by atoms with E-state index in [2.05, 4.69) is 15.0 Å². The van der Waals surface area contributed by atoms with Gasteiger partial charge in [0.25, 0.3) is 0 Å². The number of halogens is 2. The highest BCUT2D eigenvalue weighted by molar-refractivity contribution is 5.61. The van der Waals surface area contributed by atoms with E-state index in [-0.39, 0.29) is 12.4 Å². The molecule has 0 aliphatic carbocycles. The fourth-order valence-corrected chi connectivity index (χ4v) is 2.41. The van der Waals surface area contributed by atoms with Crippen LogP contribution < -0.4 is 4.74 Å². The van der Waals surface area contributed by atoms with Crippen LogP contribution >= 0.6 is 0 Å². The highest BCUT2D eigenvalue weighted by Crippen LogP contribution is 2.19. The van der Waals surface area contributed by atoms with Gasteiger partial charge in [0.15, 0.2) is 0 Å². The number of benzene rings is 1. The fraction of sp³-hybridized carbons (Fsp3) is 0.0556. The van der Waals surface area contributed by atoms with E-state index in [1.54, 1.807) is 35.0 Å². The number of imidazole rings is 1. The Labute approximate surface area is 141 Å². The molecule has 0 spiro atoms. The SMILES string of the molecule is Fc1cccc(OCc2cn3cc(-c4ccc(F)nc4)cnc3n2)c1. The minimum atomic E-state index is -0.530. The van der Waals surface area contributed by atoms with Crippen molar-refractivity contribution >= 4 is 5.78 Å². The number of pyridine rings is 1. The van der Waals surface area contributed by atoms with E-state index in [0.29, 0.717) is 17.2 Å². The summed E-state index contributed by atoms with van der Waals surface area (Å²) in [6.45, 7) is 0.195. The van der Waals surface area contributed by atoms with Crippen molar-refractivity contribution in [2.45, 2.75) is 6.61 Å². The molecule has 0 fully saturated rings. The van der Waals surface area contributed by atoms with Gasteiger partial charge in [0.2, 0.25) is 11.7 Å². The molecule has 0 aliphatic heterocycles. The van der Waals surface area contributed by atoms with Crippen LogP contribution in [0.25, 0.3) is 16.9 Å². The summed E-state index contributed by atoms with van der Waals surface area (Å²) in [4.78, 5) is 12.3. The smallest absolute Gasteiger partial charge is 0.234 e. The van der Waals surface area contributed by atoms with E-state index in [1.807, 2.05) is 6.20 Å². The van der Waals surface area contributed by atoms with Crippen LogP contribution in [-0.4, -0.2) is 19.4 Å². The molecule has 7 heteroatoms. The Morgan fingerprint density at radius 3 is 2.64 bits per heavy atom. The lowest BCUT2D eigenvalue weighted by atomic mass is 10.1. The average molecular weight is 338 g/mol. The molecule has 0 unspecified atom stereocenters. The lowest BCUT2D eigenvalue weighted by Gasteiger charge is -2.03. The topological polar surface area (TPSA) is 52.3 Å². The third kappa shape index (κ3) is 3.30. The first-order chi connectivity index (χ1) is 12.2. The van der Waals surface area contributed by atoms with E-state index in [0.717, 1.165) is 11.1 Å². The maximum absolute atomic E-state index is 13.2. The first-order valence-corrected chi connectivity index (χ1v) is 7.51. The molecule has 0 atom stereocenters. The van der Waals surface area contributed by atoms with Crippen LogP contribution in [0.5, 0.6) is 5.75 Å². The summed E-state index contributed by atoms with van der Waals surface area (Å²) in [5.41, 5.74) is 2.20. The number of hydrogen-bond donors (Lipinski definition) is 0. The fourth-order valence-electron chi connectivity index (χ4n) is 2.41. The minimum absolute atomic E-state index is 0.195. The highest BCUT2D eigenvalue weighted by Gasteiger charge is 2.07. The van der Waals surface area contributed by atoms with E-state index in [4.69, 9.17) is 4.74 Å². The van der Waals surface area contributed by atoms with Gasteiger partial charge in [-0.15, -0.1) is 0 Å². The molecule has 0 radical (unpaired) electrons. The van der Waals surface area contributed by atoms with E-state index in [1.165, 1.54) is 24.4 Å². The van der Waals surface area contributed by atoms with Gasteiger partial charge in [0, 0.05) is 42.0 Å². The monoisotopic (exact) mass is 338 g/mol. The summed E-state index contributed by atoms with van der Waals surface area (Å²) in [6.07, 6.45) is 6.70. The molecule has 0 aliphatic rings. The van der Waals surface area contributed by atoms with Crippen molar-refractivity contribution in [2.24, 2.45) is 0 Å². The van der Waals surface area contributed by atoms with E-state index in [9.17, 15) is 8.78 Å². The second-order valence-corrected chi connectivity index (χ2v) is 5.40. The second-order valence-electron chi connectivity index (χ2n) is 5.40. The predicted octanol–water partition coefficient (Wildman–Crippen LogP) is 3.65. The summed E-state index contributed by atoms with van der Waals surface area (Å²) in [7, 11) is 0. The van der Waals surface area contributed by atoms with Gasteiger partial charge < -0.3 is 4.74 Å². The van der Waals surface area contributed by atoms with Crippen molar-refractivity contribution in [2.75, 3.05) is 0 Å². The van der Waals surface area contributed by atoms with Crippen molar-refractivity contribution in [3.05, 3.63) is 78.6 Å². The summed E-state index contributed by atoms with van der Waals surface area (Å²) in [6, 6.07) is 8.86. The quantitative estimate of drug-likeness (QED) is 0.533. The molecule has 0 saturated heterocycles. The first-order valence-electron chi connectivity index (χ1n) is 7.51. The predicted molar refractivity (Wildman–Crippen MR) is 86.9 cm³/mol. The number of ether oxygens (including phenoxy) is 1. The summed E-state index contributed by atoms with van der Waals surface area (Å²) >= 11 is 0. The molecule has 4 aromatic rings. The molecule has 25 heavy (non-hydrogen) atoms. The molecule has 5 nitrogen and oxygen atoms in total. The minimum Gasteiger partial charge on any atom is -0.487 e. The molecule has 0 N–H and O–H groups in total. The zero-order valence-corrected chi connectivity index (χ0v) is 12.9. The van der Waals surface area contributed by atoms with Crippen LogP contribution in [0.3, 0.4) is 0 Å². The van der Waals surface area contributed by atoms with Gasteiger partial charge in [-0.05, 0) is 24.3 Å². The molecule has 1 aromatic carbocycles. The molecule has 3 aromatic heterocycles. The summed E-state index contributed by atoms with van der Waals surface area (Å²) in [5.74, 6) is 0.0590. The lowest BCUT2D eigenvalue weighted by Crippen LogP contribution is -1.95. The zero-order valence-electron chi connectivity index (χ0n) is 12.9. The molecule has 0 bridgehead atoms. The number of nitrogens with zero attached hydrogens (tertiary/aromatic N) is 4. The molecular formula is C18H12F2N4O. The van der Waals surface area contributed by atoms with Gasteiger partial charge in [-0.25, -0.2) is 19.3 Å². The highest BCUT2D eigenvalue weighted by atomic mass is 19.1. The molecule has 0 amide bonds. The Morgan fingerprint density at radius 1 is 0.960 bits per heavy atom. The zero-order chi connectivity index (χ0) is 17.2. The third-order valence-electron chi connectivity index (χ3n) is 3.60. The van der Waals surface area contributed by atoms with Gasteiger partial charge in [0.1, 0.15) is 18.2 Å². The molecule has 124 valence electrons. The van der Waals surface area contributed by atoms with E-state index >= 15 is 0 Å². The molecular weight excluding hydrogens is 326 g/mol. The maximum Gasteiger partial charge on any atom is 0.234 e. The van der Waals surface area contributed by atoms with Crippen molar-refractivity contribution in [3.63, 3.8) is 0 Å². The van der Waals surface area contributed by atoms with Crippen LogP contribution in [0.1, 0.15) is 5.69 Å². The standard InChI is InChI=1S/C18H12F2N4O/c19-14-2-1-3-16(6-14)25-11-15-10-24-9-13(8-22-18(24)23-15)12-4-5-17(20)21-7-12/h1-10H,11H2. The van der Waals surface area contributed by atoms with Gasteiger partial charge >= 0.3 is 0 Å². The van der Waals surface area contributed by atoms with Gasteiger partial charge in [-0.3, -0.25) is 4.40 Å². The normalized spacial score (nSPS) is 11.0. The molecule has 0 saturated carbocycles. The summed E-state index contributed by atoms with van der Waals surface area (Å²) < 4.78 is 33.4. The Kier molecular flexibility index (Phi) is 3.81. The number of aromatic nitrogens is 4. The Hall–Kier alpha value is -3.35. The first kappa shape index (κ1) is 15.2. The van der Waals surface area contributed by atoms with E-state index < -0.39 is 5.95 Å². The number of rotatable bonds is 4.